The molecule has 1 saturated carbocycles. The Bertz CT molecular complexity index is 650. The summed E-state index contributed by atoms with van der Waals surface area (Å²) in [4.78, 5) is 25.1. The van der Waals surface area contributed by atoms with E-state index in [0.717, 1.165) is 12.4 Å². The number of carbonyl (C=O) groups is 2. The first-order chi connectivity index (χ1) is 10.7. The second-order valence-electron chi connectivity index (χ2n) is 7.36. The van der Waals surface area contributed by atoms with E-state index in [9.17, 15) is 18.4 Å². The lowest BCUT2D eigenvalue weighted by Crippen LogP contribution is -2.43. The first kappa shape index (κ1) is 15.9. The Kier molecular flexibility index (Phi) is 3.46. The lowest BCUT2D eigenvalue weighted by atomic mass is 9.94. The predicted octanol–water partition coefficient (Wildman–Crippen LogP) is 3.04. The highest BCUT2D eigenvalue weighted by Gasteiger charge is 2.67. The molecule has 3 rings (SSSR count). The van der Waals surface area contributed by atoms with E-state index >= 15 is 0 Å². The minimum absolute atomic E-state index is 0.117. The molecule has 4 nitrogen and oxygen atoms in total. The molecule has 6 heteroatoms. The molecular formula is C17H19F2NO3. The van der Waals surface area contributed by atoms with Crippen LogP contribution >= 0.6 is 0 Å². The van der Waals surface area contributed by atoms with Gasteiger partial charge in [0, 0.05) is 18.0 Å². The zero-order valence-corrected chi connectivity index (χ0v) is 13.3. The number of rotatable bonds is 2. The molecule has 3 atom stereocenters. The Morgan fingerprint density at radius 1 is 1.30 bits per heavy atom. The van der Waals surface area contributed by atoms with Crippen molar-refractivity contribution in [3.05, 3.63) is 35.4 Å². The fourth-order valence-corrected chi connectivity index (χ4v) is 3.53. The monoisotopic (exact) mass is 323 g/mol. The SMILES string of the molecule is CC(C)(C)OC(=O)N1CC2(c3cc(F)cc(F)c3)CC2C1C=O. The first-order valence-corrected chi connectivity index (χ1v) is 7.58. The quantitative estimate of drug-likeness (QED) is 0.786. The lowest BCUT2D eigenvalue weighted by molar-refractivity contribution is -0.112. The van der Waals surface area contributed by atoms with Gasteiger partial charge in [-0.1, -0.05) is 0 Å². The van der Waals surface area contributed by atoms with Gasteiger partial charge in [0.2, 0.25) is 0 Å². The molecule has 1 saturated heterocycles. The van der Waals surface area contributed by atoms with Crippen LogP contribution in [0.1, 0.15) is 32.8 Å². The van der Waals surface area contributed by atoms with Crippen molar-refractivity contribution >= 4 is 12.4 Å². The molecule has 1 aliphatic heterocycles. The topological polar surface area (TPSA) is 46.6 Å². The number of ether oxygens (including phenoxy) is 1. The standard InChI is InChI=1S/C17H19F2NO3/c1-16(2,3)23-15(22)20-9-17(7-13(17)14(20)8-21)10-4-11(18)6-12(19)5-10/h4-6,8,13-14H,7,9H2,1-3H3. The average molecular weight is 323 g/mol. The summed E-state index contributed by atoms with van der Waals surface area (Å²) in [7, 11) is 0. The van der Waals surface area contributed by atoms with Crippen LogP contribution in [0.15, 0.2) is 18.2 Å². The summed E-state index contributed by atoms with van der Waals surface area (Å²) in [6, 6.07) is 2.76. The van der Waals surface area contributed by atoms with Crippen LogP contribution in [0.4, 0.5) is 13.6 Å². The third kappa shape index (κ3) is 2.71. The second kappa shape index (κ2) is 5.01. The van der Waals surface area contributed by atoms with Crippen LogP contribution in [0.3, 0.4) is 0 Å². The second-order valence-corrected chi connectivity index (χ2v) is 7.36. The Hall–Kier alpha value is -1.98. The molecule has 0 bridgehead atoms. The highest BCUT2D eigenvalue weighted by molar-refractivity contribution is 5.77. The van der Waals surface area contributed by atoms with Crippen LogP contribution in [-0.2, 0) is 14.9 Å². The van der Waals surface area contributed by atoms with Crippen molar-refractivity contribution in [1.29, 1.82) is 0 Å². The maximum absolute atomic E-state index is 13.5. The summed E-state index contributed by atoms with van der Waals surface area (Å²) in [6.07, 6.45) is 0.787. The molecule has 3 unspecified atom stereocenters. The summed E-state index contributed by atoms with van der Waals surface area (Å²) in [5, 5.41) is 0. The van der Waals surface area contributed by atoms with Crippen LogP contribution in [-0.4, -0.2) is 35.5 Å². The number of piperidine rings is 1. The van der Waals surface area contributed by atoms with Gasteiger partial charge in [0.25, 0.3) is 0 Å². The number of hydrogen-bond acceptors (Lipinski definition) is 3. The molecule has 23 heavy (non-hydrogen) atoms. The molecule has 0 spiro atoms. The minimum atomic E-state index is -0.671. The zero-order valence-electron chi connectivity index (χ0n) is 13.3. The van der Waals surface area contributed by atoms with E-state index in [1.807, 2.05) is 0 Å². The van der Waals surface area contributed by atoms with Crippen molar-refractivity contribution < 1.29 is 23.1 Å². The van der Waals surface area contributed by atoms with Crippen molar-refractivity contribution in [2.24, 2.45) is 5.92 Å². The minimum Gasteiger partial charge on any atom is -0.444 e. The van der Waals surface area contributed by atoms with Gasteiger partial charge in [0.1, 0.15) is 23.5 Å². The van der Waals surface area contributed by atoms with E-state index in [1.54, 1.807) is 20.8 Å². The van der Waals surface area contributed by atoms with Gasteiger partial charge in [-0.25, -0.2) is 13.6 Å². The smallest absolute Gasteiger partial charge is 0.410 e. The molecule has 0 radical (unpaired) electrons. The molecule has 124 valence electrons. The van der Waals surface area contributed by atoms with Gasteiger partial charge in [-0.15, -0.1) is 0 Å². The summed E-state index contributed by atoms with van der Waals surface area (Å²) >= 11 is 0. The van der Waals surface area contributed by atoms with Gasteiger partial charge in [0.05, 0.1) is 6.04 Å². The third-order valence-corrected chi connectivity index (χ3v) is 4.56. The van der Waals surface area contributed by atoms with E-state index in [2.05, 4.69) is 0 Å². The molecule has 1 aromatic carbocycles. The summed E-state index contributed by atoms with van der Waals surface area (Å²) < 4.78 is 32.4. The third-order valence-electron chi connectivity index (χ3n) is 4.56. The largest absolute Gasteiger partial charge is 0.444 e. The summed E-state index contributed by atoms with van der Waals surface area (Å²) in [5.41, 5.74) is -0.723. The van der Waals surface area contributed by atoms with E-state index in [1.165, 1.54) is 17.0 Å². The molecule has 1 amide bonds. The van der Waals surface area contributed by atoms with Gasteiger partial charge in [-0.05, 0) is 50.8 Å². The number of likely N-dealkylation sites (tertiary alicyclic amines) is 1. The fourth-order valence-electron chi connectivity index (χ4n) is 3.53. The van der Waals surface area contributed by atoms with Gasteiger partial charge >= 0.3 is 6.09 Å². The van der Waals surface area contributed by atoms with Crippen LogP contribution in [0.25, 0.3) is 0 Å². The van der Waals surface area contributed by atoms with Gasteiger partial charge in [-0.2, -0.15) is 0 Å². The van der Waals surface area contributed by atoms with Crippen molar-refractivity contribution in [3.63, 3.8) is 0 Å². The summed E-state index contributed by atoms with van der Waals surface area (Å²) in [6.45, 7) is 5.47. The Labute approximate surface area is 133 Å². The maximum atomic E-state index is 13.5. The number of halogens is 2. The molecule has 1 aliphatic carbocycles. The van der Waals surface area contributed by atoms with Gasteiger partial charge in [0.15, 0.2) is 0 Å². The molecular weight excluding hydrogens is 304 g/mol. The Morgan fingerprint density at radius 2 is 1.91 bits per heavy atom. The van der Waals surface area contributed by atoms with E-state index < -0.39 is 34.8 Å². The number of nitrogens with zero attached hydrogens (tertiary/aromatic N) is 1. The van der Waals surface area contributed by atoms with Crippen molar-refractivity contribution in [2.75, 3.05) is 6.54 Å². The Morgan fingerprint density at radius 3 is 2.43 bits per heavy atom. The van der Waals surface area contributed by atoms with Crippen LogP contribution in [0, 0.1) is 17.6 Å². The lowest BCUT2D eigenvalue weighted by Gasteiger charge is -2.28. The summed E-state index contributed by atoms with van der Waals surface area (Å²) in [5.74, 6) is -1.43. The van der Waals surface area contributed by atoms with Crippen molar-refractivity contribution in [1.82, 2.24) is 4.90 Å². The molecule has 0 aromatic heterocycles. The van der Waals surface area contributed by atoms with Crippen LogP contribution in [0.2, 0.25) is 0 Å². The van der Waals surface area contributed by atoms with Crippen molar-refractivity contribution in [2.45, 2.75) is 44.2 Å². The maximum Gasteiger partial charge on any atom is 0.410 e. The highest BCUT2D eigenvalue weighted by Crippen LogP contribution is 2.61. The normalized spacial score (nSPS) is 29.2. The zero-order chi connectivity index (χ0) is 17.0. The first-order valence-electron chi connectivity index (χ1n) is 7.58. The molecule has 0 N–H and O–H groups in total. The number of hydrogen-bond donors (Lipinski definition) is 0. The van der Waals surface area contributed by atoms with Crippen LogP contribution in [0.5, 0.6) is 0 Å². The van der Waals surface area contributed by atoms with Gasteiger partial charge < -0.3 is 9.53 Å². The molecule has 2 aliphatic rings. The van der Waals surface area contributed by atoms with Crippen molar-refractivity contribution in [3.8, 4) is 0 Å². The van der Waals surface area contributed by atoms with E-state index in [4.69, 9.17) is 4.74 Å². The van der Waals surface area contributed by atoms with Crippen LogP contribution < -0.4 is 0 Å². The number of amides is 1. The Balaban J connectivity index is 1.88. The predicted molar refractivity (Wildman–Crippen MR) is 78.9 cm³/mol. The fraction of sp³-hybridized carbons (Fsp3) is 0.529. The molecule has 1 aromatic rings. The van der Waals surface area contributed by atoms with E-state index in [-0.39, 0.29) is 12.5 Å². The highest BCUT2D eigenvalue weighted by atomic mass is 19.1. The number of aldehydes is 1. The molecule has 2 fully saturated rings. The van der Waals surface area contributed by atoms with Gasteiger partial charge in [-0.3, -0.25) is 4.90 Å². The number of fused-ring (bicyclic) bond motifs is 1. The number of carbonyl (C=O) groups excluding carboxylic acids is 2. The van der Waals surface area contributed by atoms with E-state index in [0.29, 0.717) is 12.0 Å². The molecule has 1 heterocycles. The average Bonchev–Trinajstić information content (AvgIpc) is 3.03. The number of benzene rings is 1.